The Labute approximate surface area is 157 Å². The highest BCUT2D eigenvalue weighted by molar-refractivity contribution is 7.92. The summed E-state index contributed by atoms with van der Waals surface area (Å²) in [5.74, 6) is 0.794. The molecule has 0 spiro atoms. The van der Waals surface area contributed by atoms with Crippen molar-refractivity contribution in [3.63, 3.8) is 0 Å². The van der Waals surface area contributed by atoms with E-state index in [1.165, 1.54) is 42.8 Å². The average molecular weight is 379 g/mol. The van der Waals surface area contributed by atoms with Gasteiger partial charge in [-0.3, -0.25) is 9.10 Å². The maximum Gasteiger partial charge on any atom is 0.251 e. The van der Waals surface area contributed by atoms with Crippen LogP contribution in [0.5, 0.6) is 0 Å². The molecule has 1 saturated heterocycles. The van der Waals surface area contributed by atoms with Gasteiger partial charge in [-0.15, -0.1) is 0 Å². The lowest BCUT2D eigenvalue weighted by molar-refractivity contribution is 0.0951. The van der Waals surface area contributed by atoms with Gasteiger partial charge in [0.2, 0.25) is 10.0 Å². The molecule has 1 aromatic carbocycles. The Bertz CT molecular complexity index is 710. The van der Waals surface area contributed by atoms with Crippen molar-refractivity contribution < 1.29 is 13.2 Å². The summed E-state index contributed by atoms with van der Waals surface area (Å²) >= 11 is 0. The Kier molecular flexibility index (Phi) is 6.57. The molecule has 0 atom stereocenters. The lowest BCUT2D eigenvalue weighted by Crippen LogP contribution is -2.38. The number of carbonyl (C=O) groups is 1. The van der Waals surface area contributed by atoms with Crippen molar-refractivity contribution in [1.29, 1.82) is 0 Å². The third kappa shape index (κ3) is 5.00. The molecule has 0 radical (unpaired) electrons. The summed E-state index contributed by atoms with van der Waals surface area (Å²) in [7, 11) is -3.25. The highest BCUT2D eigenvalue weighted by Gasteiger charge is 2.26. The molecule has 0 bridgehead atoms. The molecule has 2 fully saturated rings. The van der Waals surface area contributed by atoms with Crippen LogP contribution in [-0.2, 0) is 10.0 Å². The Hall–Kier alpha value is -1.56. The first-order chi connectivity index (χ1) is 12.6. The zero-order chi connectivity index (χ0) is 18.4. The van der Waals surface area contributed by atoms with Crippen LogP contribution in [0.1, 0.15) is 68.1 Å². The van der Waals surface area contributed by atoms with Crippen molar-refractivity contribution in [3.8, 4) is 0 Å². The molecule has 1 aliphatic heterocycles. The molecule has 2 aliphatic rings. The second-order valence-corrected chi connectivity index (χ2v) is 9.56. The fourth-order valence-electron chi connectivity index (χ4n) is 4.03. The number of amides is 1. The molecule has 1 N–H and O–H groups in total. The van der Waals surface area contributed by atoms with Gasteiger partial charge in [-0.05, 0) is 43.4 Å². The monoisotopic (exact) mass is 378 g/mol. The molecule has 1 amide bonds. The first-order valence-corrected chi connectivity index (χ1v) is 11.6. The minimum Gasteiger partial charge on any atom is -0.352 e. The quantitative estimate of drug-likeness (QED) is 0.794. The van der Waals surface area contributed by atoms with Gasteiger partial charge in [0.15, 0.2) is 0 Å². The number of nitrogens with zero attached hydrogens (tertiary/aromatic N) is 1. The van der Waals surface area contributed by atoms with Crippen molar-refractivity contribution in [2.24, 2.45) is 5.92 Å². The number of sulfonamides is 1. The van der Waals surface area contributed by atoms with Crippen LogP contribution in [0.4, 0.5) is 5.69 Å². The largest absolute Gasteiger partial charge is 0.352 e. The highest BCUT2D eigenvalue weighted by Crippen LogP contribution is 2.26. The van der Waals surface area contributed by atoms with E-state index in [4.69, 9.17) is 0 Å². The van der Waals surface area contributed by atoms with Gasteiger partial charge in [0.05, 0.1) is 11.4 Å². The smallest absolute Gasteiger partial charge is 0.251 e. The lowest BCUT2D eigenvalue weighted by atomic mass is 9.97. The number of benzene rings is 1. The molecule has 1 saturated carbocycles. The zero-order valence-corrected chi connectivity index (χ0v) is 16.3. The Morgan fingerprint density at radius 3 is 2.58 bits per heavy atom. The second-order valence-electron chi connectivity index (χ2n) is 7.55. The first kappa shape index (κ1) is 19.2. The van der Waals surface area contributed by atoms with Crippen molar-refractivity contribution >= 4 is 21.6 Å². The maximum absolute atomic E-state index is 12.5. The Balaban J connectivity index is 1.57. The third-order valence-electron chi connectivity index (χ3n) is 5.56. The number of anilines is 1. The predicted octanol–water partition coefficient (Wildman–Crippen LogP) is 3.71. The van der Waals surface area contributed by atoms with E-state index >= 15 is 0 Å². The van der Waals surface area contributed by atoms with E-state index in [1.807, 2.05) is 0 Å². The van der Waals surface area contributed by atoms with Gasteiger partial charge in [-0.1, -0.05) is 44.6 Å². The van der Waals surface area contributed by atoms with E-state index in [0.717, 1.165) is 18.8 Å². The number of hydrogen-bond acceptors (Lipinski definition) is 3. The molecular formula is C20H30N2O3S. The van der Waals surface area contributed by atoms with Crippen LogP contribution in [0.25, 0.3) is 0 Å². The van der Waals surface area contributed by atoms with Gasteiger partial charge in [0.25, 0.3) is 5.91 Å². The SMILES string of the molecule is O=C(NCCC1CCCCCC1)c1cccc(N2CCCCS2(=O)=O)c1. The van der Waals surface area contributed by atoms with Gasteiger partial charge in [0.1, 0.15) is 0 Å². The second kappa shape index (κ2) is 8.89. The highest BCUT2D eigenvalue weighted by atomic mass is 32.2. The van der Waals surface area contributed by atoms with Crippen LogP contribution in [0.15, 0.2) is 24.3 Å². The van der Waals surface area contributed by atoms with E-state index in [9.17, 15) is 13.2 Å². The molecule has 1 heterocycles. The van der Waals surface area contributed by atoms with Crippen molar-refractivity contribution in [3.05, 3.63) is 29.8 Å². The van der Waals surface area contributed by atoms with Crippen LogP contribution in [-0.4, -0.2) is 33.2 Å². The molecular weight excluding hydrogens is 348 g/mol. The van der Waals surface area contributed by atoms with Crippen molar-refractivity contribution in [2.75, 3.05) is 23.1 Å². The molecule has 1 aliphatic carbocycles. The summed E-state index contributed by atoms with van der Waals surface area (Å²) in [4.78, 5) is 12.5. The van der Waals surface area contributed by atoms with Crippen molar-refractivity contribution in [2.45, 2.75) is 57.8 Å². The van der Waals surface area contributed by atoms with Crippen LogP contribution >= 0.6 is 0 Å². The van der Waals surface area contributed by atoms with E-state index in [-0.39, 0.29) is 11.7 Å². The minimum atomic E-state index is -3.25. The van der Waals surface area contributed by atoms with E-state index < -0.39 is 10.0 Å². The summed E-state index contributed by atoms with van der Waals surface area (Å²) in [6.45, 7) is 1.19. The van der Waals surface area contributed by atoms with Gasteiger partial charge in [0, 0.05) is 18.7 Å². The summed E-state index contributed by atoms with van der Waals surface area (Å²) in [5.41, 5.74) is 1.13. The Morgan fingerprint density at radius 1 is 1.08 bits per heavy atom. The van der Waals surface area contributed by atoms with Gasteiger partial charge in [-0.2, -0.15) is 0 Å². The standard InChI is InChI=1S/C20H30N2O3S/c23-20(21-13-12-17-8-3-1-2-4-9-17)18-10-7-11-19(16-18)22-14-5-6-15-26(22,24)25/h7,10-11,16-17H,1-6,8-9,12-15H2,(H,21,23). The number of nitrogens with one attached hydrogen (secondary N) is 1. The molecule has 0 aromatic heterocycles. The molecule has 5 nitrogen and oxygen atoms in total. The first-order valence-electron chi connectivity index (χ1n) is 9.95. The normalized spacial score (nSPS) is 21.2. The third-order valence-corrected chi connectivity index (χ3v) is 7.43. The Morgan fingerprint density at radius 2 is 1.85 bits per heavy atom. The van der Waals surface area contributed by atoms with Gasteiger partial charge < -0.3 is 5.32 Å². The summed E-state index contributed by atoms with van der Waals surface area (Å²) in [5, 5.41) is 3.01. The fraction of sp³-hybridized carbons (Fsp3) is 0.650. The van der Waals surface area contributed by atoms with E-state index in [2.05, 4.69) is 5.32 Å². The minimum absolute atomic E-state index is 0.116. The summed E-state index contributed by atoms with van der Waals surface area (Å²) in [6.07, 6.45) is 10.5. The summed E-state index contributed by atoms with van der Waals surface area (Å²) < 4.78 is 26.0. The van der Waals surface area contributed by atoms with Crippen LogP contribution in [0.2, 0.25) is 0 Å². The van der Waals surface area contributed by atoms with Crippen LogP contribution < -0.4 is 9.62 Å². The van der Waals surface area contributed by atoms with E-state index in [0.29, 0.717) is 30.8 Å². The van der Waals surface area contributed by atoms with Gasteiger partial charge >= 0.3 is 0 Å². The number of carbonyl (C=O) groups excluding carboxylic acids is 1. The summed E-state index contributed by atoms with van der Waals surface area (Å²) in [6, 6.07) is 6.98. The molecule has 6 heteroatoms. The molecule has 3 rings (SSSR count). The van der Waals surface area contributed by atoms with E-state index in [1.54, 1.807) is 24.3 Å². The fourth-order valence-corrected chi connectivity index (χ4v) is 5.66. The lowest BCUT2D eigenvalue weighted by Gasteiger charge is -2.28. The molecule has 26 heavy (non-hydrogen) atoms. The average Bonchev–Trinajstić information content (AvgIpc) is 2.90. The zero-order valence-electron chi connectivity index (χ0n) is 15.5. The molecule has 144 valence electrons. The topological polar surface area (TPSA) is 66.5 Å². The number of rotatable bonds is 5. The van der Waals surface area contributed by atoms with Crippen LogP contribution in [0, 0.1) is 5.92 Å². The van der Waals surface area contributed by atoms with Gasteiger partial charge in [-0.25, -0.2) is 8.42 Å². The predicted molar refractivity (Wildman–Crippen MR) is 105 cm³/mol. The van der Waals surface area contributed by atoms with Crippen molar-refractivity contribution in [1.82, 2.24) is 5.32 Å². The number of hydrogen-bond donors (Lipinski definition) is 1. The molecule has 1 aromatic rings. The molecule has 0 unspecified atom stereocenters. The maximum atomic E-state index is 12.5. The van der Waals surface area contributed by atoms with Crippen LogP contribution in [0.3, 0.4) is 0 Å².